The van der Waals surface area contributed by atoms with Crippen LogP contribution in [0.25, 0.3) is 0 Å². The zero-order valence-electron chi connectivity index (χ0n) is 11.2. The molecular formula is C13H18BrFN2O2. The summed E-state index contributed by atoms with van der Waals surface area (Å²) in [6.07, 6.45) is -0.701. The molecule has 0 aliphatic heterocycles. The summed E-state index contributed by atoms with van der Waals surface area (Å²) >= 11 is 3.18. The Morgan fingerprint density at radius 3 is 2.74 bits per heavy atom. The third kappa shape index (κ3) is 4.80. The molecule has 0 saturated heterocycles. The summed E-state index contributed by atoms with van der Waals surface area (Å²) in [7, 11) is 0. The first kappa shape index (κ1) is 15.9. The maximum absolute atomic E-state index is 12.9. The van der Waals surface area contributed by atoms with Gasteiger partial charge in [-0.05, 0) is 54.9 Å². The molecule has 0 spiro atoms. The van der Waals surface area contributed by atoms with Crippen molar-refractivity contribution < 1.29 is 13.9 Å². The topological polar surface area (TPSA) is 64.3 Å². The molecule has 0 bridgehead atoms. The van der Waals surface area contributed by atoms with E-state index in [-0.39, 0.29) is 11.7 Å². The van der Waals surface area contributed by atoms with Crippen LogP contribution in [0.4, 0.5) is 4.39 Å². The third-order valence-corrected chi connectivity index (χ3v) is 3.16. The van der Waals surface area contributed by atoms with E-state index in [9.17, 15) is 9.18 Å². The van der Waals surface area contributed by atoms with Gasteiger partial charge in [0.2, 0.25) is 0 Å². The number of benzene rings is 1. The molecule has 0 aliphatic rings. The molecule has 1 atom stereocenters. The lowest BCUT2D eigenvalue weighted by atomic mass is 10.1. The predicted octanol–water partition coefficient (Wildman–Crippen LogP) is 2.21. The maximum atomic E-state index is 12.9. The van der Waals surface area contributed by atoms with Gasteiger partial charge in [-0.1, -0.05) is 0 Å². The fourth-order valence-corrected chi connectivity index (χ4v) is 1.75. The van der Waals surface area contributed by atoms with Gasteiger partial charge in [0.05, 0.1) is 4.47 Å². The van der Waals surface area contributed by atoms with E-state index < -0.39 is 11.6 Å². The zero-order valence-corrected chi connectivity index (χ0v) is 12.8. The van der Waals surface area contributed by atoms with Crippen LogP contribution in [0.15, 0.2) is 22.7 Å². The molecule has 4 nitrogen and oxygen atoms in total. The summed E-state index contributed by atoms with van der Waals surface area (Å²) < 4.78 is 18.9. The van der Waals surface area contributed by atoms with Crippen LogP contribution in [-0.4, -0.2) is 24.1 Å². The van der Waals surface area contributed by atoms with Gasteiger partial charge in [0.1, 0.15) is 11.6 Å². The molecule has 1 unspecified atom stereocenters. The first-order valence-corrected chi connectivity index (χ1v) is 6.68. The quantitative estimate of drug-likeness (QED) is 0.868. The fraction of sp³-hybridized carbons (Fsp3) is 0.462. The minimum Gasteiger partial charge on any atom is -0.480 e. The number of nitrogens with one attached hydrogen (secondary N) is 1. The van der Waals surface area contributed by atoms with Crippen LogP contribution in [0.3, 0.4) is 0 Å². The molecular weight excluding hydrogens is 315 g/mol. The van der Waals surface area contributed by atoms with E-state index in [0.717, 1.165) is 0 Å². The molecule has 0 heterocycles. The minimum atomic E-state index is -0.701. The minimum absolute atomic E-state index is 0.272. The summed E-state index contributed by atoms with van der Waals surface area (Å²) in [5, 5.41) is 2.78. The maximum Gasteiger partial charge on any atom is 0.261 e. The average Bonchev–Trinajstić information content (AvgIpc) is 2.32. The number of nitrogens with two attached hydrogens (primary N) is 1. The number of hydrogen-bond acceptors (Lipinski definition) is 3. The molecule has 0 fully saturated rings. The number of ether oxygens (including phenoxy) is 1. The van der Waals surface area contributed by atoms with E-state index in [0.29, 0.717) is 16.8 Å². The zero-order chi connectivity index (χ0) is 14.6. The van der Waals surface area contributed by atoms with Crippen LogP contribution in [0.2, 0.25) is 0 Å². The van der Waals surface area contributed by atoms with Crippen molar-refractivity contribution in [2.24, 2.45) is 5.73 Å². The molecule has 1 amide bonds. The van der Waals surface area contributed by atoms with E-state index in [4.69, 9.17) is 10.5 Å². The Labute approximate surface area is 120 Å². The van der Waals surface area contributed by atoms with Crippen molar-refractivity contribution in [3.8, 4) is 5.75 Å². The van der Waals surface area contributed by atoms with Gasteiger partial charge in [-0.2, -0.15) is 0 Å². The highest BCUT2D eigenvalue weighted by atomic mass is 79.9. The Bertz CT molecular complexity index is 466. The van der Waals surface area contributed by atoms with Crippen molar-refractivity contribution in [3.63, 3.8) is 0 Å². The summed E-state index contributed by atoms with van der Waals surface area (Å²) in [5.74, 6) is -0.234. The Morgan fingerprint density at radius 1 is 1.58 bits per heavy atom. The number of amides is 1. The van der Waals surface area contributed by atoms with Crippen LogP contribution >= 0.6 is 15.9 Å². The molecule has 1 aromatic rings. The molecule has 6 heteroatoms. The van der Waals surface area contributed by atoms with Gasteiger partial charge in [-0.25, -0.2) is 4.39 Å². The molecule has 3 N–H and O–H groups in total. The normalized spacial score (nSPS) is 12.9. The fourth-order valence-electron chi connectivity index (χ4n) is 1.30. The van der Waals surface area contributed by atoms with Gasteiger partial charge in [0.25, 0.3) is 5.91 Å². The molecule has 0 saturated carbocycles. The SMILES string of the molecule is CC(Oc1ccc(F)cc1Br)C(=O)NC(C)(C)CN. The summed E-state index contributed by atoms with van der Waals surface area (Å²) in [6.45, 7) is 5.60. The van der Waals surface area contributed by atoms with Crippen LogP contribution in [0.1, 0.15) is 20.8 Å². The Hall–Kier alpha value is -1.14. The van der Waals surface area contributed by atoms with E-state index in [1.54, 1.807) is 6.92 Å². The number of hydrogen-bond donors (Lipinski definition) is 2. The number of rotatable bonds is 5. The van der Waals surface area contributed by atoms with Gasteiger partial charge in [0.15, 0.2) is 6.10 Å². The second kappa shape index (κ2) is 6.34. The van der Waals surface area contributed by atoms with Gasteiger partial charge < -0.3 is 15.8 Å². The van der Waals surface area contributed by atoms with Crippen LogP contribution in [0.5, 0.6) is 5.75 Å². The Morgan fingerprint density at radius 2 is 2.21 bits per heavy atom. The van der Waals surface area contributed by atoms with Crippen molar-refractivity contribution in [1.82, 2.24) is 5.32 Å². The molecule has 1 rings (SSSR count). The lowest BCUT2D eigenvalue weighted by molar-refractivity contribution is -0.128. The summed E-state index contributed by atoms with van der Waals surface area (Å²) in [4.78, 5) is 11.9. The van der Waals surface area contributed by atoms with Gasteiger partial charge >= 0.3 is 0 Å². The van der Waals surface area contributed by atoms with Gasteiger partial charge in [-0.3, -0.25) is 4.79 Å². The van der Waals surface area contributed by atoms with Crippen molar-refractivity contribution in [3.05, 3.63) is 28.5 Å². The highest BCUT2D eigenvalue weighted by Crippen LogP contribution is 2.26. The molecule has 0 aliphatic carbocycles. The van der Waals surface area contributed by atoms with Gasteiger partial charge in [-0.15, -0.1) is 0 Å². The second-order valence-corrected chi connectivity index (χ2v) is 5.77. The molecule has 1 aromatic carbocycles. The Kier molecular flexibility index (Phi) is 5.31. The molecule has 0 radical (unpaired) electrons. The Balaban J connectivity index is 2.69. The lowest BCUT2D eigenvalue weighted by Gasteiger charge is -2.26. The molecule has 19 heavy (non-hydrogen) atoms. The predicted molar refractivity (Wildman–Crippen MR) is 75.5 cm³/mol. The summed E-state index contributed by atoms with van der Waals surface area (Å²) in [5.41, 5.74) is 5.05. The monoisotopic (exact) mass is 332 g/mol. The standard InChI is InChI=1S/C13H18BrFN2O2/c1-8(12(18)17-13(2,3)7-16)19-11-5-4-9(15)6-10(11)14/h4-6,8H,7,16H2,1-3H3,(H,17,18). The van der Waals surface area contributed by atoms with Crippen molar-refractivity contribution in [2.75, 3.05) is 6.54 Å². The van der Waals surface area contributed by atoms with Crippen molar-refractivity contribution in [2.45, 2.75) is 32.4 Å². The van der Waals surface area contributed by atoms with E-state index in [1.165, 1.54) is 18.2 Å². The first-order chi connectivity index (χ1) is 8.75. The van der Waals surface area contributed by atoms with Crippen molar-refractivity contribution >= 4 is 21.8 Å². The van der Waals surface area contributed by atoms with E-state index in [1.807, 2.05) is 13.8 Å². The lowest BCUT2D eigenvalue weighted by Crippen LogP contribution is -2.52. The molecule has 0 aromatic heterocycles. The van der Waals surface area contributed by atoms with Gasteiger partial charge in [0, 0.05) is 12.1 Å². The van der Waals surface area contributed by atoms with Crippen molar-refractivity contribution in [1.29, 1.82) is 0 Å². The number of halogens is 2. The summed E-state index contributed by atoms with van der Waals surface area (Å²) in [6, 6.07) is 4.02. The van der Waals surface area contributed by atoms with Crippen LogP contribution in [-0.2, 0) is 4.79 Å². The van der Waals surface area contributed by atoms with Crippen LogP contribution in [0, 0.1) is 5.82 Å². The first-order valence-electron chi connectivity index (χ1n) is 5.89. The van der Waals surface area contributed by atoms with Crippen LogP contribution < -0.4 is 15.8 Å². The highest BCUT2D eigenvalue weighted by Gasteiger charge is 2.23. The van der Waals surface area contributed by atoms with E-state index in [2.05, 4.69) is 21.2 Å². The largest absolute Gasteiger partial charge is 0.480 e. The number of carbonyl (C=O) groups excluding carboxylic acids is 1. The third-order valence-electron chi connectivity index (χ3n) is 2.54. The average molecular weight is 333 g/mol. The highest BCUT2D eigenvalue weighted by molar-refractivity contribution is 9.10. The van der Waals surface area contributed by atoms with E-state index >= 15 is 0 Å². The second-order valence-electron chi connectivity index (χ2n) is 4.91. The molecule has 106 valence electrons. The number of carbonyl (C=O) groups is 1. The smallest absolute Gasteiger partial charge is 0.261 e.